The normalized spacial score (nSPS) is 27.4. The standard InChI is InChI=1S/C18H23NO5S/c20-17(21)18(9-3-4-10-18)19-25(22,23)12-7-8-14-13-5-1-2-6-15(13)24-16(14)11-12/h7-8,11,13,15,19H,1-6,9-10H2,(H,20,21). The van der Waals surface area contributed by atoms with Gasteiger partial charge in [0.2, 0.25) is 10.0 Å². The van der Waals surface area contributed by atoms with E-state index in [2.05, 4.69) is 4.72 Å². The summed E-state index contributed by atoms with van der Waals surface area (Å²) >= 11 is 0. The van der Waals surface area contributed by atoms with Crippen LogP contribution in [0.5, 0.6) is 5.75 Å². The molecule has 7 heteroatoms. The zero-order chi connectivity index (χ0) is 17.7. The predicted molar refractivity (Wildman–Crippen MR) is 91.2 cm³/mol. The molecule has 2 fully saturated rings. The molecule has 2 unspecified atom stereocenters. The Morgan fingerprint density at radius 2 is 1.88 bits per heavy atom. The number of benzene rings is 1. The molecule has 0 amide bonds. The van der Waals surface area contributed by atoms with Gasteiger partial charge in [0.1, 0.15) is 17.4 Å². The van der Waals surface area contributed by atoms with Crippen LogP contribution in [0.3, 0.4) is 0 Å². The molecular formula is C18H23NO5S. The molecule has 0 radical (unpaired) electrons. The summed E-state index contributed by atoms with van der Waals surface area (Å²) in [6.07, 6.45) is 6.62. The Balaban J connectivity index is 1.63. The van der Waals surface area contributed by atoms with Gasteiger partial charge < -0.3 is 9.84 Å². The van der Waals surface area contributed by atoms with E-state index in [0.717, 1.165) is 24.8 Å². The van der Waals surface area contributed by atoms with E-state index >= 15 is 0 Å². The number of carboxylic acids is 1. The van der Waals surface area contributed by atoms with Crippen LogP contribution in [0.25, 0.3) is 0 Å². The summed E-state index contributed by atoms with van der Waals surface area (Å²) in [4.78, 5) is 11.7. The molecule has 1 aromatic carbocycles. The van der Waals surface area contributed by atoms with Crippen molar-refractivity contribution >= 4 is 16.0 Å². The van der Waals surface area contributed by atoms with E-state index < -0.39 is 21.5 Å². The minimum Gasteiger partial charge on any atom is -0.489 e. The number of aliphatic carboxylic acids is 1. The summed E-state index contributed by atoms with van der Waals surface area (Å²) in [6.45, 7) is 0. The Labute approximate surface area is 147 Å². The van der Waals surface area contributed by atoms with Gasteiger partial charge in [-0.3, -0.25) is 4.79 Å². The van der Waals surface area contributed by atoms with Crippen LogP contribution in [0, 0.1) is 0 Å². The predicted octanol–water partition coefficient (Wildman–Crippen LogP) is 2.78. The first-order valence-electron chi connectivity index (χ1n) is 8.99. The number of carboxylic acid groups (broad SMARTS) is 1. The zero-order valence-electron chi connectivity index (χ0n) is 14.0. The van der Waals surface area contributed by atoms with E-state index in [1.807, 2.05) is 6.07 Å². The zero-order valence-corrected chi connectivity index (χ0v) is 14.8. The second-order valence-electron chi connectivity index (χ2n) is 7.45. The number of fused-ring (bicyclic) bond motifs is 3. The van der Waals surface area contributed by atoms with E-state index in [1.54, 1.807) is 12.1 Å². The van der Waals surface area contributed by atoms with Crippen molar-refractivity contribution in [2.75, 3.05) is 0 Å². The van der Waals surface area contributed by atoms with Crippen LogP contribution in [0.2, 0.25) is 0 Å². The Bertz CT molecular complexity index is 798. The lowest BCUT2D eigenvalue weighted by Crippen LogP contribution is -2.52. The minimum absolute atomic E-state index is 0.0809. The first kappa shape index (κ1) is 16.8. The molecule has 3 aliphatic rings. The Morgan fingerprint density at radius 3 is 2.60 bits per heavy atom. The number of carbonyl (C=O) groups is 1. The Hall–Kier alpha value is -1.60. The lowest BCUT2D eigenvalue weighted by atomic mass is 9.83. The lowest BCUT2D eigenvalue weighted by Gasteiger charge is -2.25. The fourth-order valence-corrected chi connectivity index (χ4v) is 5.93. The van der Waals surface area contributed by atoms with Crippen molar-refractivity contribution in [1.29, 1.82) is 0 Å². The molecule has 1 aliphatic heterocycles. The molecule has 2 saturated carbocycles. The molecule has 6 nitrogen and oxygen atoms in total. The van der Waals surface area contributed by atoms with Gasteiger partial charge >= 0.3 is 5.97 Å². The maximum absolute atomic E-state index is 12.8. The highest BCUT2D eigenvalue weighted by Crippen LogP contribution is 2.46. The van der Waals surface area contributed by atoms with Crippen LogP contribution in [-0.2, 0) is 14.8 Å². The topological polar surface area (TPSA) is 92.7 Å². The van der Waals surface area contributed by atoms with Crippen molar-refractivity contribution in [3.63, 3.8) is 0 Å². The third-order valence-corrected chi connectivity index (χ3v) is 7.41. The summed E-state index contributed by atoms with van der Waals surface area (Å²) in [7, 11) is -3.91. The monoisotopic (exact) mass is 365 g/mol. The molecule has 2 N–H and O–H groups in total. The highest BCUT2D eigenvalue weighted by atomic mass is 32.2. The SMILES string of the molecule is O=C(O)C1(NS(=O)(=O)c2ccc3c(c2)OC2CCCCC32)CCCC1. The van der Waals surface area contributed by atoms with Gasteiger partial charge in [-0.2, -0.15) is 4.72 Å². The maximum atomic E-state index is 12.8. The Morgan fingerprint density at radius 1 is 1.16 bits per heavy atom. The summed E-state index contributed by atoms with van der Waals surface area (Å²) in [5.41, 5.74) is -0.301. The average Bonchev–Trinajstić information content (AvgIpc) is 3.18. The molecule has 4 rings (SSSR count). The van der Waals surface area contributed by atoms with Crippen molar-refractivity contribution in [2.45, 2.75) is 73.8 Å². The number of ether oxygens (including phenoxy) is 1. The fourth-order valence-electron chi connectivity index (χ4n) is 4.50. The largest absolute Gasteiger partial charge is 0.489 e. The van der Waals surface area contributed by atoms with Crippen molar-refractivity contribution in [1.82, 2.24) is 4.72 Å². The van der Waals surface area contributed by atoms with Gasteiger partial charge in [0, 0.05) is 17.5 Å². The third-order valence-electron chi connectivity index (χ3n) is 5.87. The van der Waals surface area contributed by atoms with Crippen LogP contribution in [0.1, 0.15) is 62.8 Å². The first-order valence-corrected chi connectivity index (χ1v) is 10.5. The summed E-state index contributed by atoms with van der Waals surface area (Å²) in [5, 5.41) is 9.52. The molecule has 1 aromatic rings. The van der Waals surface area contributed by atoms with Crippen LogP contribution in [0.15, 0.2) is 23.1 Å². The molecule has 2 atom stereocenters. The minimum atomic E-state index is -3.91. The van der Waals surface area contributed by atoms with E-state index in [1.165, 1.54) is 6.42 Å². The summed E-state index contributed by atoms with van der Waals surface area (Å²) < 4.78 is 34.0. The molecule has 0 bridgehead atoms. The summed E-state index contributed by atoms with van der Waals surface area (Å²) in [6, 6.07) is 4.97. The van der Waals surface area contributed by atoms with Crippen LogP contribution in [0.4, 0.5) is 0 Å². The second kappa shape index (κ2) is 5.99. The van der Waals surface area contributed by atoms with Gasteiger partial charge in [-0.05, 0) is 38.2 Å². The molecule has 2 aliphatic carbocycles. The Kier molecular flexibility index (Phi) is 4.03. The molecule has 1 heterocycles. The smallest absolute Gasteiger partial charge is 0.324 e. The van der Waals surface area contributed by atoms with E-state index in [9.17, 15) is 18.3 Å². The van der Waals surface area contributed by atoms with Crippen LogP contribution in [-0.4, -0.2) is 31.1 Å². The van der Waals surface area contributed by atoms with Gasteiger partial charge in [-0.25, -0.2) is 8.42 Å². The summed E-state index contributed by atoms with van der Waals surface area (Å²) in [5.74, 6) is -0.110. The number of nitrogens with one attached hydrogen (secondary N) is 1. The molecule has 0 aromatic heterocycles. The number of sulfonamides is 1. The molecular weight excluding hydrogens is 342 g/mol. The lowest BCUT2D eigenvalue weighted by molar-refractivity contribution is -0.143. The van der Waals surface area contributed by atoms with E-state index in [4.69, 9.17) is 4.74 Å². The fraction of sp³-hybridized carbons (Fsp3) is 0.611. The molecule has 0 spiro atoms. The first-order chi connectivity index (χ1) is 11.9. The van der Waals surface area contributed by atoms with Crippen LogP contribution >= 0.6 is 0 Å². The van der Waals surface area contributed by atoms with Gasteiger partial charge in [-0.1, -0.05) is 25.3 Å². The van der Waals surface area contributed by atoms with Crippen molar-refractivity contribution in [2.24, 2.45) is 0 Å². The van der Waals surface area contributed by atoms with E-state index in [0.29, 0.717) is 37.4 Å². The molecule has 25 heavy (non-hydrogen) atoms. The third kappa shape index (κ3) is 2.83. The van der Waals surface area contributed by atoms with E-state index in [-0.39, 0.29) is 11.0 Å². The molecule has 0 saturated heterocycles. The highest BCUT2D eigenvalue weighted by Gasteiger charge is 2.45. The van der Waals surface area contributed by atoms with Gasteiger partial charge in [-0.15, -0.1) is 0 Å². The quantitative estimate of drug-likeness (QED) is 0.856. The second-order valence-corrected chi connectivity index (χ2v) is 9.13. The van der Waals surface area contributed by atoms with Crippen molar-refractivity contribution in [3.05, 3.63) is 23.8 Å². The number of hydrogen-bond acceptors (Lipinski definition) is 4. The molecule has 136 valence electrons. The van der Waals surface area contributed by atoms with Crippen molar-refractivity contribution in [3.8, 4) is 5.75 Å². The number of rotatable bonds is 4. The van der Waals surface area contributed by atoms with Gasteiger partial charge in [0.25, 0.3) is 0 Å². The highest BCUT2D eigenvalue weighted by molar-refractivity contribution is 7.89. The van der Waals surface area contributed by atoms with Crippen LogP contribution < -0.4 is 9.46 Å². The van der Waals surface area contributed by atoms with Gasteiger partial charge in [0.05, 0.1) is 4.90 Å². The average molecular weight is 365 g/mol. The van der Waals surface area contributed by atoms with Gasteiger partial charge in [0.15, 0.2) is 0 Å². The maximum Gasteiger partial charge on any atom is 0.324 e. The van der Waals surface area contributed by atoms with Crippen molar-refractivity contribution < 1.29 is 23.1 Å². The number of hydrogen-bond donors (Lipinski definition) is 2.